The second-order valence-corrected chi connectivity index (χ2v) is 25.5. The largest absolute Gasteiger partial charge is 0.458 e. The van der Waals surface area contributed by atoms with Gasteiger partial charge >= 0.3 is 23.9 Å². The number of anilines is 2. The number of hydrogen-bond acceptors (Lipinski definition) is 17. The van der Waals surface area contributed by atoms with Gasteiger partial charge in [0.25, 0.3) is 17.7 Å². The Labute approximate surface area is 523 Å². The molecule has 20 nitrogen and oxygen atoms in total. The summed E-state index contributed by atoms with van der Waals surface area (Å²) in [7, 11) is 5.81. The number of likely N-dealkylation sites (N-methyl/N-ethyl adjacent to an activating group) is 4. The van der Waals surface area contributed by atoms with Crippen LogP contribution in [0.1, 0.15) is 110 Å². The van der Waals surface area contributed by atoms with Crippen molar-refractivity contribution in [2.75, 3.05) is 97.2 Å². The van der Waals surface area contributed by atoms with Crippen molar-refractivity contribution >= 4 is 53.0 Å². The van der Waals surface area contributed by atoms with Crippen molar-refractivity contribution in [1.29, 1.82) is 0 Å². The Kier molecular flexibility index (Phi) is 25.3. The molecule has 89 heavy (non-hydrogen) atoms. The zero-order valence-electron chi connectivity index (χ0n) is 53.6. The lowest BCUT2D eigenvalue weighted by molar-refractivity contribution is -0.175. The fourth-order valence-electron chi connectivity index (χ4n) is 11.1. The van der Waals surface area contributed by atoms with E-state index in [1.54, 1.807) is 43.4 Å². The van der Waals surface area contributed by atoms with Gasteiger partial charge in [0, 0.05) is 84.0 Å². The fraction of sp³-hybridized carbons (Fsp3) is 0.627. The average molecular weight is 1250 g/mol. The summed E-state index contributed by atoms with van der Waals surface area (Å²) in [6.45, 7) is 13.2. The van der Waals surface area contributed by atoms with Gasteiger partial charge in [0.15, 0.2) is 18.3 Å². The van der Waals surface area contributed by atoms with E-state index in [-0.39, 0.29) is 57.2 Å². The number of amides is 3. The SMILES string of the molecule is CN[C@H](CO[C@H](Cc1ccc(N2CCOCC2)cc1)C(=O)N(C)[C@@H](CC1CC1)C(=O)O[C@H](C)C(=O)N(C)[C@@H](CC(C)(C)F)C(=O)O[C@H](Cc1ccc(N2CCOCC2)cc1)C(=O)N(C)[C@@H](CC1CC1)C(=O)O[C@H](C)C(=O)OCc1ccccc1)CC(C)(C)F. The van der Waals surface area contributed by atoms with Crippen LogP contribution in [0.5, 0.6) is 0 Å². The molecular formula is C67H94F2N6O14. The van der Waals surface area contributed by atoms with E-state index >= 15 is 9.18 Å². The first-order valence-corrected chi connectivity index (χ1v) is 31.4. The highest BCUT2D eigenvalue weighted by molar-refractivity contribution is 5.93. The molecule has 0 radical (unpaired) electrons. The number of carbonyl (C=O) groups is 7. The highest BCUT2D eigenvalue weighted by Crippen LogP contribution is 2.37. The smallest absolute Gasteiger partial charge is 0.347 e. The molecule has 1 N–H and O–H groups in total. The standard InChI is InChI=1S/C67H94F2N6O14/c1-44(87-63(80)54(36-46-16-17-46)71(8)60(77)57(85-43-51(70-7)40-66(3,4)68)38-48-20-24-52(25-21-48)74-28-32-83-33-29-74)59(76)73(10)56(41-67(5,6)69)65(82)89-58(39-49-22-26-53(27-23-49)75-30-34-84-35-31-75)61(78)72(9)55(37-47-18-19-47)64(81)88-45(2)62(79)86-42-50-14-12-11-13-15-50/h11-15,20-27,44-47,51,54-58,70H,16-19,28-43H2,1-10H3/t44-,45-,51+,54+,55+,56+,57-,58-/m1/s1. The molecule has 0 unspecified atom stereocenters. The molecule has 7 rings (SSSR count). The number of morpholine rings is 2. The van der Waals surface area contributed by atoms with Gasteiger partial charge in [-0.3, -0.25) is 14.4 Å². The predicted octanol–water partition coefficient (Wildman–Crippen LogP) is 6.99. The first-order valence-electron chi connectivity index (χ1n) is 31.4. The lowest BCUT2D eigenvalue weighted by Gasteiger charge is -2.35. The normalized spacial score (nSPS) is 18.2. The van der Waals surface area contributed by atoms with Gasteiger partial charge in [-0.25, -0.2) is 28.0 Å². The van der Waals surface area contributed by atoms with Gasteiger partial charge < -0.3 is 63.0 Å². The van der Waals surface area contributed by atoms with Crippen LogP contribution in [0.25, 0.3) is 0 Å². The van der Waals surface area contributed by atoms with Gasteiger partial charge in [-0.2, -0.15) is 0 Å². The van der Waals surface area contributed by atoms with Crippen LogP contribution in [0, 0.1) is 11.8 Å². The average Bonchev–Trinajstić information content (AvgIpc) is 2.28. The predicted molar refractivity (Wildman–Crippen MR) is 330 cm³/mol. The van der Waals surface area contributed by atoms with Crippen molar-refractivity contribution in [3.05, 3.63) is 95.6 Å². The summed E-state index contributed by atoms with van der Waals surface area (Å²) in [5.74, 6) is -5.77. The number of benzene rings is 3. The minimum Gasteiger partial charge on any atom is -0.458 e. The molecule has 3 amide bonds. The Morgan fingerprint density at radius 3 is 1.43 bits per heavy atom. The fourth-order valence-corrected chi connectivity index (χ4v) is 11.1. The van der Waals surface area contributed by atoms with E-state index in [1.165, 1.54) is 67.6 Å². The maximum Gasteiger partial charge on any atom is 0.347 e. The zero-order valence-corrected chi connectivity index (χ0v) is 53.6. The molecule has 3 aromatic rings. The van der Waals surface area contributed by atoms with Gasteiger partial charge in [0.05, 0.1) is 33.0 Å². The molecule has 0 spiro atoms. The Balaban J connectivity index is 1.08. The Hall–Kier alpha value is -6.75. The van der Waals surface area contributed by atoms with Gasteiger partial charge in [0.2, 0.25) is 0 Å². The number of halogens is 2. The number of hydrogen-bond donors (Lipinski definition) is 1. The lowest BCUT2D eigenvalue weighted by atomic mass is 9.99. The van der Waals surface area contributed by atoms with Gasteiger partial charge in [-0.1, -0.05) is 80.3 Å². The highest BCUT2D eigenvalue weighted by atomic mass is 19.1. The molecule has 4 aliphatic rings. The summed E-state index contributed by atoms with van der Waals surface area (Å²) in [6.07, 6.45) is -2.63. The van der Waals surface area contributed by atoms with Crippen molar-refractivity contribution in [2.24, 2.45) is 11.8 Å². The summed E-state index contributed by atoms with van der Waals surface area (Å²) in [5, 5.41) is 3.09. The van der Waals surface area contributed by atoms with Crippen LogP contribution in [0.4, 0.5) is 20.2 Å². The van der Waals surface area contributed by atoms with Crippen LogP contribution in [-0.4, -0.2) is 204 Å². The van der Waals surface area contributed by atoms with Crippen LogP contribution in [0.2, 0.25) is 0 Å². The summed E-state index contributed by atoms with van der Waals surface area (Å²) in [4.78, 5) is 109. The Morgan fingerprint density at radius 1 is 0.551 bits per heavy atom. The molecule has 2 saturated heterocycles. The van der Waals surface area contributed by atoms with Gasteiger partial charge in [-0.15, -0.1) is 0 Å². The number of carbonyl (C=O) groups excluding carboxylic acids is 7. The number of rotatable bonds is 33. The molecule has 8 atom stereocenters. The lowest BCUT2D eigenvalue weighted by Crippen LogP contribution is -2.54. The molecule has 4 fully saturated rings. The second kappa shape index (κ2) is 32.3. The monoisotopic (exact) mass is 1240 g/mol. The molecule has 22 heteroatoms. The van der Waals surface area contributed by atoms with E-state index in [0.717, 1.165) is 71.1 Å². The first-order chi connectivity index (χ1) is 42.3. The maximum absolute atomic E-state index is 16.0. The molecule has 2 aliphatic carbocycles. The molecule has 0 bridgehead atoms. The van der Waals surface area contributed by atoms with E-state index in [2.05, 4.69) is 15.1 Å². The first kappa shape index (κ1) is 69.7. The van der Waals surface area contributed by atoms with E-state index < -0.39 is 108 Å². The van der Waals surface area contributed by atoms with Crippen LogP contribution < -0.4 is 15.1 Å². The third-order valence-corrected chi connectivity index (χ3v) is 16.9. The number of nitrogens with one attached hydrogen (secondary N) is 1. The van der Waals surface area contributed by atoms with Gasteiger partial charge in [-0.05, 0) is 121 Å². The maximum atomic E-state index is 16.0. The second-order valence-electron chi connectivity index (χ2n) is 25.5. The number of nitrogens with zero attached hydrogens (tertiary/aromatic N) is 5. The summed E-state index contributed by atoms with van der Waals surface area (Å²) in [5.41, 5.74) is 0.370. The number of alkyl halides is 2. The molecule has 2 heterocycles. The number of esters is 4. The molecule has 490 valence electrons. The van der Waals surface area contributed by atoms with E-state index in [0.29, 0.717) is 45.1 Å². The van der Waals surface area contributed by atoms with Crippen molar-refractivity contribution in [2.45, 2.75) is 172 Å². The topological polar surface area (TPSA) is 212 Å². The highest BCUT2D eigenvalue weighted by Gasteiger charge is 2.44. The quantitative estimate of drug-likeness (QED) is 0.0481. The third-order valence-electron chi connectivity index (χ3n) is 16.9. The third kappa shape index (κ3) is 21.7. The molecule has 2 saturated carbocycles. The minimum atomic E-state index is -2.10. The number of ether oxygens (including phenoxy) is 7. The molecule has 2 aliphatic heterocycles. The summed E-state index contributed by atoms with van der Waals surface area (Å²) in [6, 6.07) is 19.6. The van der Waals surface area contributed by atoms with Crippen molar-refractivity contribution in [3.8, 4) is 0 Å². The minimum absolute atomic E-state index is 0.0204. The van der Waals surface area contributed by atoms with Crippen LogP contribution in [-0.2, 0) is 86.2 Å². The molecule has 3 aromatic carbocycles. The summed E-state index contributed by atoms with van der Waals surface area (Å²) >= 11 is 0. The van der Waals surface area contributed by atoms with Crippen molar-refractivity contribution in [1.82, 2.24) is 20.0 Å². The Bertz CT molecular complexity index is 2800. The van der Waals surface area contributed by atoms with Crippen molar-refractivity contribution in [3.63, 3.8) is 0 Å². The van der Waals surface area contributed by atoms with Crippen LogP contribution in [0.3, 0.4) is 0 Å². The van der Waals surface area contributed by atoms with E-state index in [4.69, 9.17) is 33.2 Å². The zero-order chi connectivity index (χ0) is 64.6. The van der Waals surface area contributed by atoms with E-state index in [9.17, 15) is 33.2 Å². The molecule has 0 aromatic heterocycles. The summed E-state index contributed by atoms with van der Waals surface area (Å²) < 4.78 is 71.5. The Morgan fingerprint density at radius 2 is 0.978 bits per heavy atom. The van der Waals surface area contributed by atoms with Crippen LogP contribution in [0.15, 0.2) is 78.9 Å². The molecular weight excluding hydrogens is 1150 g/mol. The van der Waals surface area contributed by atoms with Crippen LogP contribution >= 0.6 is 0 Å². The van der Waals surface area contributed by atoms with Crippen molar-refractivity contribution < 1.29 is 75.5 Å². The van der Waals surface area contributed by atoms with E-state index in [1.807, 2.05) is 42.5 Å². The van der Waals surface area contributed by atoms with Gasteiger partial charge in [0.1, 0.15) is 42.2 Å².